The second-order valence-corrected chi connectivity index (χ2v) is 5.76. The number of fused-ring (bicyclic) bond motifs is 1. The van der Waals surface area contributed by atoms with E-state index < -0.39 is 10.0 Å². The van der Waals surface area contributed by atoms with Crippen molar-refractivity contribution in [3.8, 4) is 0 Å². The molecule has 13 heavy (non-hydrogen) atoms. The van der Waals surface area contributed by atoms with Gasteiger partial charge < -0.3 is 0 Å². The zero-order valence-corrected chi connectivity index (χ0v) is 9.26. The lowest BCUT2D eigenvalue weighted by molar-refractivity contribution is 0.596. The Bertz CT molecular complexity index is 458. The highest BCUT2D eigenvalue weighted by atomic mass is 79.9. The summed E-state index contributed by atoms with van der Waals surface area (Å²) >= 11 is 3.25. The van der Waals surface area contributed by atoms with Gasteiger partial charge in [0, 0.05) is 17.7 Å². The monoisotopic (exact) mass is 262 g/mol. The first-order valence-corrected chi connectivity index (χ1v) is 6.02. The third kappa shape index (κ3) is 1.34. The zero-order valence-electron chi connectivity index (χ0n) is 6.86. The number of hydrogen-bond acceptors (Lipinski definition) is 3. The summed E-state index contributed by atoms with van der Waals surface area (Å²) in [6.07, 6.45) is 1.60. The molecule has 0 fully saturated rings. The number of rotatable bonds is 0. The summed E-state index contributed by atoms with van der Waals surface area (Å²) in [6, 6.07) is 1.76. The van der Waals surface area contributed by atoms with E-state index >= 15 is 0 Å². The summed E-state index contributed by atoms with van der Waals surface area (Å²) < 4.78 is 24.9. The molecule has 0 bridgehead atoms. The summed E-state index contributed by atoms with van der Waals surface area (Å²) in [5.41, 5.74) is 1.28. The molecule has 2 rings (SSSR count). The standard InChI is InChI=1S/C7H7BrN2O2S/c1-10-7-2-5(8)3-9-6(7)4-13(10,11)12/h2-3H,4H2,1H3. The smallest absolute Gasteiger partial charge is 0.240 e. The first-order valence-electron chi connectivity index (χ1n) is 3.62. The number of pyridine rings is 1. The predicted molar refractivity (Wildman–Crippen MR) is 53.0 cm³/mol. The average molecular weight is 263 g/mol. The van der Waals surface area contributed by atoms with Gasteiger partial charge >= 0.3 is 0 Å². The topological polar surface area (TPSA) is 50.3 Å². The lowest BCUT2D eigenvalue weighted by Crippen LogP contribution is -2.20. The van der Waals surface area contributed by atoms with Crippen LogP contribution in [0.25, 0.3) is 0 Å². The first kappa shape index (κ1) is 8.96. The maximum absolute atomic E-state index is 11.4. The molecule has 0 atom stereocenters. The van der Waals surface area contributed by atoms with E-state index in [2.05, 4.69) is 20.9 Å². The fraction of sp³-hybridized carbons (Fsp3) is 0.286. The second-order valence-electron chi connectivity index (χ2n) is 2.84. The highest BCUT2D eigenvalue weighted by molar-refractivity contribution is 9.10. The number of hydrogen-bond donors (Lipinski definition) is 0. The minimum Gasteiger partial charge on any atom is -0.271 e. The van der Waals surface area contributed by atoms with Gasteiger partial charge in [0.25, 0.3) is 0 Å². The maximum atomic E-state index is 11.4. The fourth-order valence-electron chi connectivity index (χ4n) is 1.26. The molecular formula is C7H7BrN2O2S. The van der Waals surface area contributed by atoms with E-state index in [9.17, 15) is 8.42 Å². The van der Waals surface area contributed by atoms with Crippen molar-refractivity contribution in [3.63, 3.8) is 0 Å². The average Bonchev–Trinajstić information content (AvgIpc) is 2.26. The Labute approximate surface area is 84.8 Å². The number of aromatic nitrogens is 1. The molecule has 2 heterocycles. The molecule has 0 amide bonds. The van der Waals surface area contributed by atoms with Crippen LogP contribution < -0.4 is 4.31 Å². The number of anilines is 1. The van der Waals surface area contributed by atoms with E-state index in [1.54, 1.807) is 12.3 Å². The Morgan fingerprint density at radius 3 is 3.00 bits per heavy atom. The Hall–Kier alpha value is -0.620. The van der Waals surface area contributed by atoms with E-state index in [0.29, 0.717) is 11.4 Å². The Kier molecular flexibility index (Phi) is 1.85. The van der Waals surface area contributed by atoms with Gasteiger partial charge in [0.05, 0.1) is 11.4 Å². The zero-order chi connectivity index (χ0) is 9.64. The van der Waals surface area contributed by atoms with Crippen molar-refractivity contribution in [1.82, 2.24) is 4.98 Å². The van der Waals surface area contributed by atoms with Crippen LogP contribution in [-0.4, -0.2) is 20.4 Å². The highest BCUT2D eigenvalue weighted by Crippen LogP contribution is 2.32. The molecule has 0 N–H and O–H groups in total. The van der Waals surface area contributed by atoms with Gasteiger partial charge in [-0.3, -0.25) is 9.29 Å². The van der Waals surface area contributed by atoms with Crippen LogP contribution in [0.3, 0.4) is 0 Å². The summed E-state index contributed by atoms with van der Waals surface area (Å²) in [5, 5.41) is 0. The summed E-state index contributed by atoms with van der Waals surface area (Å²) in [5.74, 6) is 0.00606. The number of halogens is 1. The van der Waals surface area contributed by atoms with Gasteiger partial charge in [-0.1, -0.05) is 0 Å². The van der Waals surface area contributed by atoms with Crippen LogP contribution in [0.1, 0.15) is 5.69 Å². The van der Waals surface area contributed by atoms with Crippen molar-refractivity contribution in [2.24, 2.45) is 0 Å². The molecule has 1 aromatic heterocycles. The fourth-order valence-corrected chi connectivity index (χ4v) is 2.80. The van der Waals surface area contributed by atoms with Crippen molar-refractivity contribution in [1.29, 1.82) is 0 Å². The van der Waals surface area contributed by atoms with Gasteiger partial charge in [0.2, 0.25) is 10.0 Å². The second kappa shape index (κ2) is 2.68. The van der Waals surface area contributed by atoms with Gasteiger partial charge in [-0.25, -0.2) is 8.42 Å². The van der Waals surface area contributed by atoms with Crippen LogP contribution >= 0.6 is 15.9 Å². The molecule has 4 nitrogen and oxygen atoms in total. The predicted octanol–water partition coefficient (Wildman–Crippen LogP) is 1.12. The summed E-state index contributed by atoms with van der Waals surface area (Å²) in [7, 11) is -1.61. The SMILES string of the molecule is CN1c2cc(Br)cnc2CS1(=O)=O. The molecule has 0 saturated heterocycles. The molecule has 6 heteroatoms. The summed E-state index contributed by atoms with van der Waals surface area (Å²) in [4.78, 5) is 4.04. The van der Waals surface area contributed by atoms with Crippen molar-refractivity contribution in [2.45, 2.75) is 5.75 Å². The maximum Gasteiger partial charge on any atom is 0.240 e. The van der Waals surface area contributed by atoms with Gasteiger partial charge in [0.15, 0.2) is 0 Å². The van der Waals surface area contributed by atoms with Gasteiger partial charge in [-0.2, -0.15) is 0 Å². The molecule has 1 aromatic rings. The molecule has 70 valence electrons. The molecule has 0 radical (unpaired) electrons. The first-order chi connectivity index (χ1) is 6.00. The summed E-state index contributed by atoms with van der Waals surface area (Å²) in [6.45, 7) is 0. The third-order valence-electron chi connectivity index (χ3n) is 1.99. The lowest BCUT2D eigenvalue weighted by atomic mass is 10.3. The molecule has 0 aromatic carbocycles. The van der Waals surface area contributed by atoms with E-state index in [1.165, 1.54) is 11.4 Å². The van der Waals surface area contributed by atoms with Gasteiger partial charge in [-0.05, 0) is 22.0 Å². The van der Waals surface area contributed by atoms with Crippen LogP contribution in [-0.2, 0) is 15.8 Å². The van der Waals surface area contributed by atoms with Gasteiger partial charge in [-0.15, -0.1) is 0 Å². The molecule has 0 aliphatic carbocycles. The van der Waals surface area contributed by atoms with Gasteiger partial charge in [0.1, 0.15) is 5.75 Å². The minimum absolute atomic E-state index is 0.00606. The molecular weight excluding hydrogens is 256 g/mol. The molecule has 0 spiro atoms. The molecule has 1 aliphatic rings. The van der Waals surface area contributed by atoms with Crippen molar-refractivity contribution in [3.05, 3.63) is 22.4 Å². The van der Waals surface area contributed by atoms with Crippen LogP contribution in [0.5, 0.6) is 0 Å². The van der Waals surface area contributed by atoms with E-state index in [1.807, 2.05) is 0 Å². The third-order valence-corrected chi connectivity index (χ3v) is 4.09. The number of sulfonamides is 1. The van der Waals surface area contributed by atoms with E-state index in [4.69, 9.17) is 0 Å². The number of nitrogens with zero attached hydrogens (tertiary/aromatic N) is 2. The van der Waals surface area contributed by atoms with E-state index in [0.717, 1.165) is 4.47 Å². The van der Waals surface area contributed by atoms with Crippen molar-refractivity contribution in [2.75, 3.05) is 11.4 Å². The Morgan fingerprint density at radius 1 is 1.62 bits per heavy atom. The van der Waals surface area contributed by atoms with E-state index in [-0.39, 0.29) is 5.75 Å². The highest BCUT2D eigenvalue weighted by Gasteiger charge is 2.31. The van der Waals surface area contributed by atoms with Crippen LogP contribution in [0, 0.1) is 0 Å². The Balaban J connectivity index is 2.64. The normalized spacial score (nSPS) is 18.8. The molecule has 1 aliphatic heterocycles. The lowest BCUT2D eigenvalue weighted by Gasteiger charge is -2.10. The van der Waals surface area contributed by atoms with Crippen molar-refractivity contribution < 1.29 is 8.42 Å². The van der Waals surface area contributed by atoms with Crippen LogP contribution in [0.15, 0.2) is 16.7 Å². The molecule has 0 unspecified atom stereocenters. The quantitative estimate of drug-likeness (QED) is 0.704. The van der Waals surface area contributed by atoms with Crippen molar-refractivity contribution >= 4 is 31.6 Å². The Morgan fingerprint density at radius 2 is 2.31 bits per heavy atom. The minimum atomic E-state index is -3.15. The largest absolute Gasteiger partial charge is 0.271 e. The van der Waals surface area contributed by atoms with Crippen LogP contribution in [0.4, 0.5) is 5.69 Å². The van der Waals surface area contributed by atoms with Crippen LogP contribution in [0.2, 0.25) is 0 Å². The molecule has 0 saturated carbocycles.